The van der Waals surface area contributed by atoms with E-state index in [1.807, 2.05) is 13.0 Å². The molecular formula is C13H14BrN3O2. The van der Waals surface area contributed by atoms with Crippen LogP contribution in [0.4, 0.5) is 5.82 Å². The second-order valence-corrected chi connectivity index (χ2v) is 4.83. The lowest BCUT2D eigenvalue weighted by atomic mass is 10.2. The molecule has 0 amide bonds. The fourth-order valence-electron chi connectivity index (χ4n) is 1.68. The summed E-state index contributed by atoms with van der Waals surface area (Å²) >= 11 is 3.29. The average Bonchev–Trinajstić information content (AvgIpc) is 2.40. The Balaban J connectivity index is 2.58. The van der Waals surface area contributed by atoms with Crippen molar-refractivity contribution in [1.82, 2.24) is 9.97 Å². The minimum absolute atomic E-state index is 0.0627. The predicted octanol–water partition coefficient (Wildman–Crippen LogP) is 2.97. The molecule has 0 aliphatic rings. The van der Waals surface area contributed by atoms with Crippen molar-refractivity contribution >= 4 is 21.7 Å². The third-order valence-corrected chi connectivity index (χ3v) is 3.22. The lowest BCUT2D eigenvalue weighted by Gasteiger charge is -2.09. The van der Waals surface area contributed by atoms with Crippen molar-refractivity contribution in [2.75, 3.05) is 19.5 Å². The molecule has 6 heteroatoms. The summed E-state index contributed by atoms with van der Waals surface area (Å²) < 4.78 is 5.66. The van der Waals surface area contributed by atoms with Crippen LogP contribution in [0.3, 0.4) is 0 Å². The van der Waals surface area contributed by atoms with Gasteiger partial charge in [-0.05, 0) is 35.0 Å². The number of phenols is 1. The van der Waals surface area contributed by atoms with Gasteiger partial charge >= 0.3 is 0 Å². The SMILES string of the molecule is CNc1cc(C)nc(-c2cc(Br)c(O)c(OC)c2)n1. The van der Waals surface area contributed by atoms with Crippen LogP contribution in [0, 0.1) is 6.92 Å². The van der Waals surface area contributed by atoms with Crippen LogP contribution in [0.5, 0.6) is 11.5 Å². The third kappa shape index (κ3) is 2.78. The topological polar surface area (TPSA) is 67.3 Å². The summed E-state index contributed by atoms with van der Waals surface area (Å²) in [6.07, 6.45) is 0. The summed E-state index contributed by atoms with van der Waals surface area (Å²) in [5, 5.41) is 12.8. The van der Waals surface area contributed by atoms with Gasteiger partial charge in [0.1, 0.15) is 5.82 Å². The first kappa shape index (κ1) is 13.6. The van der Waals surface area contributed by atoms with Gasteiger partial charge in [-0.2, -0.15) is 0 Å². The van der Waals surface area contributed by atoms with Gasteiger partial charge in [0.25, 0.3) is 0 Å². The molecule has 19 heavy (non-hydrogen) atoms. The van der Waals surface area contributed by atoms with Crippen LogP contribution < -0.4 is 10.1 Å². The molecule has 2 aromatic rings. The molecule has 0 unspecified atom stereocenters. The van der Waals surface area contributed by atoms with Crippen LogP contribution >= 0.6 is 15.9 Å². The van der Waals surface area contributed by atoms with Gasteiger partial charge in [-0.3, -0.25) is 0 Å². The minimum Gasteiger partial charge on any atom is -0.503 e. The highest BCUT2D eigenvalue weighted by Crippen LogP contribution is 2.37. The van der Waals surface area contributed by atoms with Gasteiger partial charge in [-0.25, -0.2) is 9.97 Å². The molecule has 0 aliphatic carbocycles. The van der Waals surface area contributed by atoms with Crippen molar-refractivity contribution in [3.8, 4) is 22.9 Å². The maximum Gasteiger partial charge on any atom is 0.172 e. The van der Waals surface area contributed by atoms with Crippen LogP contribution in [-0.4, -0.2) is 29.2 Å². The van der Waals surface area contributed by atoms with Crippen molar-refractivity contribution in [3.63, 3.8) is 0 Å². The summed E-state index contributed by atoms with van der Waals surface area (Å²) in [6.45, 7) is 1.90. The fraction of sp³-hybridized carbons (Fsp3) is 0.231. The monoisotopic (exact) mass is 323 g/mol. The number of nitrogens with one attached hydrogen (secondary N) is 1. The number of anilines is 1. The normalized spacial score (nSPS) is 10.3. The zero-order chi connectivity index (χ0) is 14.0. The highest BCUT2D eigenvalue weighted by Gasteiger charge is 2.12. The van der Waals surface area contributed by atoms with E-state index in [0.717, 1.165) is 17.1 Å². The van der Waals surface area contributed by atoms with Crippen LogP contribution in [-0.2, 0) is 0 Å². The van der Waals surface area contributed by atoms with E-state index in [0.29, 0.717) is 16.0 Å². The molecule has 1 heterocycles. The maximum atomic E-state index is 9.80. The maximum absolute atomic E-state index is 9.80. The van der Waals surface area contributed by atoms with E-state index in [1.165, 1.54) is 7.11 Å². The first-order valence-electron chi connectivity index (χ1n) is 5.65. The molecule has 5 nitrogen and oxygen atoms in total. The summed E-state index contributed by atoms with van der Waals surface area (Å²) in [5.41, 5.74) is 1.62. The Morgan fingerprint density at radius 1 is 1.26 bits per heavy atom. The molecule has 2 rings (SSSR count). The first-order valence-corrected chi connectivity index (χ1v) is 6.44. The Kier molecular flexibility index (Phi) is 3.90. The summed E-state index contributed by atoms with van der Waals surface area (Å²) in [7, 11) is 3.31. The molecule has 100 valence electrons. The smallest absolute Gasteiger partial charge is 0.172 e. The average molecular weight is 324 g/mol. The number of benzene rings is 1. The number of halogens is 1. The van der Waals surface area contributed by atoms with Gasteiger partial charge in [0.15, 0.2) is 17.3 Å². The van der Waals surface area contributed by atoms with Crippen LogP contribution in [0.25, 0.3) is 11.4 Å². The van der Waals surface area contributed by atoms with Crippen molar-refractivity contribution in [1.29, 1.82) is 0 Å². The molecule has 0 aliphatic heterocycles. The number of aromatic hydroxyl groups is 1. The Morgan fingerprint density at radius 3 is 2.63 bits per heavy atom. The van der Waals surface area contributed by atoms with Gasteiger partial charge in [0.05, 0.1) is 11.6 Å². The van der Waals surface area contributed by atoms with Gasteiger partial charge in [-0.1, -0.05) is 0 Å². The summed E-state index contributed by atoms with van der Waals surface area (Å²) in [6, 6.07) is 5.32. The molecule has 0 radical (unpaired) electrons. The first-order chi connectivity index (χ1) is 9.05. The molecule has 0 saturated carbocycles. The van der Waals surface area contributed by atoms with Crippen molar-refractivity contribution in [2.45, 2.75) is 6.92 Å². The van der Waals surface area contributed by atoms with E-state index in [2.05, 4.69) is 31.2 Å². The zero-order valence-electron chi connectivity index (χ0n) is 10.9. The number of methoxy groups -OCH3 is 1. The van der Waals surface area contributed by atoms with E-state index in [1.54, 1.807) is 19.2 Å². The number of aromatic nitrogens is 2. The Hall–Kier alpha value is -1.82. The number of nitrogens with zero attached hydrogens (tertiary/aromatic N) is 2. The predicted molar refractivity (Wildman–Crippen MR) is 77.7 cm³/mol. The molecule has 1 aromatic heterocycles. The summed E-state index contributed by atoms with van der Waals surface area (Å²) in [4.78, 5) is 8.78. The molecule has 2 N–H and O–H groups in total. The molecular weight excluding hydrogens is 310 g/mol. The van der Waals surface area contributed by atoms with E-state index >= 15 is 0 Å². The van der Waals surface area contributed by atoms with Crippen molar-refractivity contribution < 1.29 is 9.84 Å². The van der Waals surface area contributed by atoms with Crippen molar-refractivity contribution in [3.05, 3.63) is 28.4 Å². The zero-order valence-corrected chi connectivity index (χ0v) is 12.4. The van der Waals surface area contributed by atoms with Crippen LogP contribution in [0.15, 0.2) is 22.7 Å². The lowest BCUT2D eigenvalue weighted by Crippen LogP contribution is -1.99. The Bertz CT molecular complexity index is 617. The van der Waals surface area contributed by atoms with Crippen molar-refractivity contribution in [2.24, 2.45) is 0 Å². The van der Waals surface area contributed by atoms with Crippen LogP contribution in [0.2, 0.25) is 0 Å². The molecule has 0 atom stereocenters. The number of phenolic OH excluding ortho intramolecular Hbond substituents is 1. The lowest BCUT2D eigenvalue weighted by molar-refractivity contribution is 0.372. The fourth-order valence-corrected chi connectivity index (χ4v) is 2.13. The highest BCUT2D eigenvalue weighted by molar-refractivity contribution is 9.10. The number of rotatable bonds is 3. The second kappa shape index (κ2) is 5.44. The molecule has 0 saturated heterocycles. The third-order valence-electron chi connectivity index (χ3n) is 2.62. The second-order valence-electron chi connectivity index (χ2n) is 3.98. The highest BCUT2D eigenvalue weighted by atomic mass is 79.9. The van der Waals surface area contributed by atoms with Gasteiger partial charge in [0.2, 0.25) is 0 Å². The number of hydrogen-bond acceptors (Lipinski definition) is 5. The van der Waals surface area contributed by atoms with Gasteiger partial charge in [0, 0.05) is 24.4 Å². The van der Waals surface area contributed by atoms with Crippen LogP contribution in [0.1, 0.15) is 5.69 Å². The van der Waals surface area contributed by atoms with Gasteiger partial charge < -0.3 is 15.2 Å². The Morgan fingerprint density at radius 2 is 2.00 bits per heavy atom. The quantitative estimate of drug-likeness (QED) is 0.908. The molecule has 0 bridgehead atoms. The Labute approximate surface area is 119 Å². The largest absolute Gasteiger partial charge is 0.503 e. The minimum atomic E-state index is 0.0627. The molecule has 0 fully saturated rings. The number of ether oxygens (including phenoxy) is 1. The standard InChI is InChI=1S/C13H14BrN3O2/c1-7-4-11(15-2)17-13(16-7)8-5-9(14)12(18)10(6-8)19-3/h4-6,18H,1-3H3,(H,15,16,17). The van der Waals surface area contributed by atoms with E-state index in [4.69, 9.17) is 4.74 Å². The number of hydrogen-bond donors (Lipinski definition) is 2. The molecule has 0 spiro atoms. The van der Waals surface area contributed by atoms with E-state index < -0.39 is 0 Å². The number of aryl methyl sites for hydroxylation is 1. The van der Waals surface area contributed by atoms with Gasteiger partial charge in [-0.15, -0.1) is 0 Å². The molecule has 1 aromatic carbocycles. The van der Waals surface area contributed by atoms with E-state index in [-0.39, 0.29) is 5.75 Å². The summed E-state index contributed by atoms with van der Waals surface area (Å²) in [5.74, 6) is 1.75. The van der Waals surface area contributed by atoms with E-state index in [9.17, 15) is 5.11 Å².